The zero-order chi connectivity index (χ0) is 14.7. The fraction of sp³-hybridized carbons (Fsp3) is 0.0714. The van der Waals surface area contributed by atoms with Gasteiger partial charge in [0.25, 0.3) is 0 Å². The Hall–Kier alpha value is -1.65. The second kappa shape index (κ2) is 6.20. The fourth-order valence-corrected chi connectivity index (χ4v) is 2.02. The minimum absolute atomic E-state index is 0.0250. The van der Waals surface area contributed by atoms with Crippen LogP contribution in [0.25, 0.3) is 0 Å². The van der Waals surface area contributed by atoms with E-state index in [9.17, 15) is 13.6 Å². The molecule has 0 aliphatic rings. The first-order valence-corrected chi connectivity index (χ1v) is 6.28. The third-order valence-corrected chi connectivity index (χ3v) is 2.88. The molecule has 2 rings (SSSR count). The van der Waals surface area contributed by atoms with Crippen LogP contribution in [-0.2, 0) is 0 Å². The van der Waals surface area contributed by atoms with E-state index in [0.717, 1.165) is 12.1 Å². The molecule has 0 bridgehead atoms. The lowest BCUT2D eigenvalue weighted by Gasteiger charge is -2.07. The van der Waals surface area contributed by atoms with E-state index in [4.69, 9.17) is 27.9 Å². The van der Waals surface area contributed by atoms with Crippen LogP contribution in [0.5, 0.6) is 5.75 Å². The molecule has 0 atom stereocenters. The molecule has 0 amide bonds. The summed E-state index contributed by atoms with van der Waals surface area (Å²) >= 11 is 11.6. The van der Waals surface area contributed by atoms with Crippen LogP contribution in [0.1, 0.15) is 10.4 Å². The Morgan fingerprint density at radius 1 is 1.00 bits per heavy atom. The van der Waals surface area contributed by atoms with E-state index in [-0.39, 0.29) is 12.2 Å². The lowest BCUT2D eigenvalue weighted by atomic mass is 10.1. The Morgan fingerprint density at radius 2 is 1.65 bits per heavy atom. The van der Waals surface area contributed by atoms with E-state index < -0.39 is 17.4 Å². The van der Waals surface area contributed by atoms with E-state index in [0.29, 0.717) is 15.8 Å². The van der Waals surface area contributed by atoms with Gasteiger partial charge in [0.2, 0.25) is 0 Å². The maximum Gasteiger partial charge on any atom is 0.200 e. The molecule has 104 valence electrons. The SMILES string of the molecule is O=C(COc1cc(Cl)cc(Cl)c1)c1ccc(F)c(F)c1. The van der Waals surface area contributed by atoms with Crippen LogP contribution in [0.4, 0.5) is 8.78 Å². The summed E-state index contributed by atoms with van der Waals surface area (Å²) in [4.78, 5) is 11.8. The van der Waals surface area contributed by atoms with Crippen LogP contribution in [0.15, 0.2) is 36.4 Å². The Balaban J connectivity index is 2.06. The molecule has 0 saturated carbocycles. The quantitative estimate of drug-likeness (QED) is 0.774. The minimum Gasteiger partial charge on any atom is -0.485 e. The van der Waals surface area contributed by atoms with Crippen LogP contribution >= 0.6 is 23.2 Å². The predicted molar refractivity (Wildman–Crippen MR) is 72.6 cm³/mol. The number of halogens is 4. The summed E-state index contributed by atoms with van der Waals surface area (Å²) in [5.41, 5.74) is 0.0250. The summed E-state index contributed by atoms with van der Waals surface area (Å²) < 4.78 is 31.0. The number of benzene rings is 2. The molecule has 0 heterocycles. The number of rotatable bonds is 4. The lowest BCUT2D eigenvalue weighted by molar-refractivity contribution is 0.0921. The van der Waals surface area contributed by atoms with E-state index in [2.05, 4.69) is 0 Å². The molecular weight excluding hydrogens is 309 g/mol. The highest BCUT2D eigenvalue weighted by atomic mass is 35.5. The second-order valence-corrected chi connectivity index (χ2v) is 4.82. The number of hydrogen-bond donors (Lipinski definition) is 0. The fourth-order valence-electron chi connectivity index (χ4n) is 1.51. The largest absolute Gasteiger partial charge is 0.485 e. The van der Waals surface area contributed by atoms with Crippen molar-refractivity contribution in [3.8, 4) is 5.75 Å². The number of ether oxygens (including phenoxy) is 1. The van der Waals surface area contributed by atoms with Gasteiger partial charge in [0.05, 0.1) is 0 Å². The lowest BCUT2D eigenvalue weighted by Crippen LogP contribution is -2.12. The average Bonchev–Trinajstić information content (AvgIpc) is 2.38. The molecule has 0 aliphatic carbocycles. The number of Topliss-reactive ketones (excluding diaryl/α,β-unsaturated/α-hetero) is 1. The minimum atomic E-state index is -1.08. The standard InChI is InChI=1S/C14H8Cl2F2O2/c15-9-4-10(16)6-11(5-9)20-7-14(19)8-1-2-12(17)13(18)3-8/h1-6H,7H2. The van der Waals surface area contributed by atoms with Crippen LogP contribution in [0.2, 0.25) is 10.0 Å². The maximum atomic E-state index is 13.0. The van der Waals surface area contributed by atoms with Crippen molar-refractivity contribution >= 4 is 29.0 Å². The average molecular weight is 317 g/mol. The zero-order valence-electron chi connectivity index (χ0n) is 10.00. The number of ketones is 1. The predicted octanol–water partition coefficient (Wildman–Crippen LogP) is 4.53. The van der Waals surface area contributed by atoms with Gasteiger partial charge in [-0.05, 0) is 36.4 Å². The van der Waals surface area contributed by atoms with Gasteiger partial charge in [-0.3, -0.25) is 4.79 Å². The molecule has 2 aromatic rings. The molecule has 0 fully saturated rings. The van der Waals surface area contributed by atoms with Gasteiger partial charge >= 0.3 is 0 Å². The van der Waals surface area contributed by atoms with Gasteiger partial charge in [-0.2, -0.15) is 0 Å². The molecule has 0 radical (unpaired) electrons. The third kappa shape index (κ3) is 3.68. The molecule has 20 heavy (non-hydrogen) atoms. The van der Waals surface area contributed by atoms with Crippen molar-refractivity contribution in [2.75, 3.05) is 6.61 Å². The first-order valence-electron chi connectivity index (χ1n) is 5.53. The summed E-state index contributed by atoms with van der Waals surface area (Å²) in [7, 11) is 0. The van der Waals surface area contributed by atoms with Gasteiger partial charge in [-0.1, -0.05) is 23.2 Å². The molecule has 0 N–H and O–H groups in total. The summed E-state index contributed by atoms with van der Waals surface area (Å²) in [6.45, 7) is -0.332. The van der Waals surface area contributed by atoms with Gasteiger partial charge in [-0.15, -0.1) is 0 Å². The van der Waals surface area contributed by atoms with E-state index in [1.54, 1.807) is 0 Å². The first-order chi connectivity index (χ1) is 9.45. The van der Waals surface area contributed by atoms with Crippen molar-refractivity contribution in [3.63, 3.8) is 0 Å². The van der Waals surface area contributed by atoms with Crippen LogP contribution in [0.3, 0.4) is 0 Å². The number of hydrogen-bond acceptors (Lipinski definition) is 2. The maximum absolute atomic E-state index is 13.0. The van der Waals surface area contributed by atoms with E-state index in [1.807, 2.05) is 0 Å². The Labute approximate surface area is 123 Å². The van der Waals surface area contributed by atoms with Gasteiger partial charge < -0.3 is 4.74 Å². The van der Waals surface area contributed by atoms with Gasteiger partial charge in [0, 0.05) is 15.6 Å². The van der Waals surface area contributed by atoms with Crippen molar-refractivity contribution in [3.05, 3.63) is 63.6 Å². The van der Waals surface area contributed by atoms with Gasteiger partial charge in [-0.25, -0.2) is 8.78 Å². The summed E-state index contributed by atoms with van der Waals surface area (Å²) in [5.74, 6) is -2.26. The smallest absolute Gasteiger partial charge is 0.200 e. The molecule has 0 spiro atoms. The van der Waals surface area contributed by atoms with Crippen molar-refractivity contribution in [2.24, 2.45) is 0 Å². The van der Waals surface area contributed by atoms with E-state index >= 15 is 0 Å². The first kappa shape index (κ1) is 14.8. The molecule has 0 saturated heterocycles. The number of carbonyl (C=O) groups is 1. The summed E-state index contributed by atoms with van der Waals surface area (Å²) in [6, 6.07) is 7.41. The van der Waals surface area contributed by atoms with Crippen molar-refractivity contribution in [1.29, 1.82) is 0 Å². The van der Waals surface area contributed by atoms with Gasteiger partial charge in [0.15, 0.2) is 24.0 Å². The summed E-state index contributed by atoms with van der Waals surface area (Å²) in [6.07, 6.45) is 0. The van der Waals surface area contributed by atoms with Crippen molar-refractivity contribution in [1.82, 2.24) is 0 Å². The molecule has 0 aromatic heterocycles. The third-order valence-electron chi connectivity index (χ3n) is 2.45. The van der Waals surface area contributed by atoms with E-state index in [1.165, 1.54) is 24.3 Å². The van der Waals surface area contributed by atoms with Gasteiger partial charge in [0.1, 0.15) is 5.75 Å². The van der Waals surface area contributed by atoms with Crippen molar-refractivity contribution < 1.29 is 18.3 Å². The monoisotopic (exact) mass is 316 g/mol. The molecule has 6 heteroatoms. The van der Waals surface area contributed by atoms with Crippen molar-refractivity contribution in [2.45, 2.75) is 0 Å². The highest BCUT2D eigenvalue weighted by molar-refractivity contribution is 6.34. The van der Waals surface area contributed by atoms with Crippen LogP contribution in [-0.4, -0.2) is 12.4 Å². The zero-order valence-corrected chi connectivity index (χ0v) is 11.5. The highest BCUT2D eigenvalue weighted by Crippen LogP contribution is 2.24. The Kier molecular flexibility index (Phi) is 4.57. The highest BCUT2D eigenvalue weighted by Gasteiger charge is 2.11. The van der Waals surface area contributed by atoms with Crippen LogP contribution in [0, 0.1) is 11.6 Å². The second-order valence-electron chi connectivity index (χ2n) is 3.95. The Morgan fingerprint density at radius 3 is 2.25 bits per heavy atom. The summed E-state index contributed by atoms with van der Waals surface area (Å²) in [5, 5.41) is 0.737. The molecular formula is C14H8Cl2F2O2. The molecule has 0 unspecified atom stereocenters. The normalized spacial score (nSPS) is 10.4. The molecule has 2 aromatic carbocycles. The topological polar surface area (TPSA) is 26.3 Å². The Bertz CT molecular complexity index is 639. The number of carbonyl (C=O) groups excluding carboxylic acids is 1. The molecule has 2 nitrogen and oxygen atoms in total. The van der Waals surface area contributed by atoms with Crippen LogP contribution < -0.4 is 4.74 Å². The molecule has 0 aliphatic heterocycles.